The van der Waals surface area contributed by atoms with E-state index >= 15 is 0 Å². The number of carbonyl (C=O) groups excluding carboxylic acids is 1. The Morgan fingerprint density at radius 2 is 1.46 bits per heavy atom. The topological polar surface area (TPSA) is 120 Å². The quantitative estimate of drug-likeness (QED) is 0.293. The maximum absolute atomic E-state index is 14.1. The molecule has 0 amide bonds. The van der Waals surface area contributed by atoms with E-state index in [4.69, 9.17) is 5.14 Å². The summed E-state index contributed by atoms with van der Waals surface area (Å²) < 4.78 is 54.3. The third-order valence-electron chi connectivity index (χ3n) is 7.19. The Hall–Kier alpha value is -4.25. The minimum Gasteiger partial charge on any atom is -0.377 e. The molecule has 1 heterocycles. The number of primary sulfonamides is 1. The molecule has 10 heteroatoms. The highest BCUT2D eigenvalue weighted by Gasteiger charge is 2.30. The lowest BCUT2D eigenvalue weighted by atomic mass is 10.0. The molecule has 0 aliphatic rings. The van der Waals surface area contributed by atoms with Gasteiger partial charge in [-0.1, -0.05) is 48.5 Å². The van der Waals surface area contributed by atoms with Crippen LogP contribution in [0.5, 0.6) is 0 Å². The number of aromatic nitrogens is 1. The van der Waals surface area contributed by atoms with Crippen molar-refractivity contribution in [1.29, 1.82) is 0 Å². The molecular weight excluding hydrogens is 558 g/mol. The number of fused-ring (bicyclic) bond motifs is 1. The number of carbonyl (C=O) groups is 1. The predicted molar refractivity (Wildman–Crippen MR) is 161 cm³/mol. The molecule has 210 valence electrons. The molecule has 0 saturated carbocycles. The van der Waals surface area contributed by atoms with Gasteiger partial charge in [-0.15, -0.1) is 0 Å². The molecule has 0 radical (unpaired) electrons. The number of sulfonamides is 1. The third-order valence-corrected chi connectivity index (χ3v) is 10.1. The van der Waals surface area contributed by atoms with Crippen molar-refractivity contribution in [1.82, 2.24) is 4.57 Å². The molecule has 0 aliphatic heterocycles. The second-order valence-electron chi connectivity index (χ2n) is 9.99. The van der Waals surface area contributed by atoms with Gasteiger partial charge in [0.25, 0.3) is 5.91 Å². The zero-order valence-electron chi connectivity index (χ0n) is 23.0. The van der Waals surface area contributed by atoms with Crippen LogP contribution < -0.4 is 10.0 Å². The van der Waals surface area contributed by atoms with Gasteiger partial charge < -0.3 is 4.90 Å². The first-order chi connectivity index (χ1) is 19.3. The molecule has 8 nitrogen and oxygen atoms in total. The summed E-state index contributed by atoms with van der Waals surface area (Å²) in [5.41, 5.74) is 3.46. The van der Waals surface area contributed by atoms with Crippen molar-refractivity contribution in [3.63, 3.8) is 0 Å². The average molecular weight is 588 g/mol. The number of hydrogen-bond acceptors (Lipinski definition) is 6. The van der Waals surface area contributed by atoms with Crippen LogP contribution in [-0.2, 0) is 19.9 Å². The second-order valence-corrected chi connectivity index (χ2v) is 13.4. The molecule has 0 spiro atoms. The molecule has 0 atom stereocenters. The maximum atomic E-state index is 14.1. The molecule has 0 aliphatic carbocycles. The van der Waals surface area contributed by atoms with E-state index in [1.807, 2.05) is 32.0 Å². The van der Waals surface area contributed by atoms with Gasteiger partial charge in [-0.3, -0.25) is 9.36 Å². The van der Waals surface area contributed by atoms with E-state index in [9.17, 15) is 21.6 Å². The molecule has 0 bridgehead atoms. The number of rotatable bonds is 6. The minimum absolute atomic E-state index is 0.0246. The molecular formula is C31H29N3O5S2. The highest BCUT2D eigenvalue weighted by atomic mass is 32.2. The molecule has 5 rings (SSSR count). The average Bonchev–Trinajstić information content (AvgIpc) is 3.24. The van der Waals surface area contributed by atoms with Crippen LogP contribution in [0, 0.1) is 13.8 Å². The Labute approximate surface area is 239 Å². The molecule has 0 unspecified atom stereocenters. The molecule has 0 fully saturated rings. The Morgan fingerprint density at radius 1 is 0.805 bits per heavy atom. The fourth-order valence-corrected chi connectivity index (χ4v) is 7.73. The van der Waals surface area contributed by atoms with Gasteiger partial charge >= 0.3 is 0 Å². The first-order valence-corrected chi connectivity index (χ1v) is 15.8. The van der Waals surface area contributed by atoms with Crippen LogP contribution in [0.4, 0.5) is 5.69 Å². The van der Waals surface area contributed by atoms with Crippen LogP contribution in [0.3, 0.4) is 0 Å². The third kappa shape index (κ3) is 4.84. The number of hydrogen-bond donors (Lipinski definition) is 1. The van der Waals surface area contributed by atoms with Crippen LogP contribution in [0.1, 0.15) is 21.6 Å². The van der Waals surface area contributed by atoms with Crippen LogP contribution in [-0.4, -0.2) is 41.4 Å². The number of benzene rings is 4. The maximum Gasteiger partial charge on any atom is 0.262 e. The zero-order valence-corrected chi connectivity index (χ0v) is 24.6. The Kier molecular flexibility index (Phi) is 7.10. The number of nitrogens with zero attached hydrogens (tertiary/aromatic N) is 2. The normalized spacial score (nSPS) is 12.0. The lowest BCUT2D eigenvalue weighted by molar-refractivity contribution is 0.0962. The van der Waals surface area contributed by atoms with E-state index < -0.39 is 19.9 Å². The summed E-state index contributed by atoms with van der Waals surface area (Å²) >= 11 is 0. The molecule has 0 saturated heterocycles. The van der Waals surface area contributed by atoms with E-state index in [1.165, 1.54) is 22.8 Å². The Balaban J connectivity index is 1.85. The number of nitrogens with two attached hydrogens (primary N) is 1. The van der Waals surface area contributed by atoms with Gasteiger partial charge in [0.1, 0.15) is 4.90 Å². The summed E-state index contributed by atoms with van der Waals surface area (Å²) in [5.74, 6) is -0.374. The van der Waals surface area contributed by atoms with Gasteiger partial charge in [0.2, 0.25) is 19.9 Å². The summed E-state index contributed by atoms with van der Waals surface area (Å²) in [5, 5.41) is 5.78. The first-order valence-electron chi connectivity index (χ1n) is 12.7. The fraction of sp³-hybridized carbons (Fsp3) is 0.129. The van der Waals surface area contributed by atoms with E-state index in [0.717, 1.165) is 11.3 Å². The predicted octanol–water partition coefficient (Wildman–Crippen LogP) is 5.16. The smallest absolute Gasteiger partial charge is 0.262 e. The van der Waals surface area contributed by atoms with E-state index in [2.05, 4.69) is 0 Å². The first kappa shape index (κ1) is 28.3. The summed E-state index contributed by atoms with van der Waals surface area (Å²) in [6, 6.07) is 24.6. The molecule has 2 N–H and O–H groups in total. The standard InChI is InChI=1S/C31H29N3O5S2/c1-20-24(14-10-15-27(20)33(3)4)31(35)34-21(2)30(40(36,37)23-11-6-5-7-12-23)26-19-22(17-18-28(26)34)25-13-8-9-16-29(25)41(32,38)39/h5-19H,1-4H3,(H2,32,38,39). The SMILES string of the molecule is Cc1c(C(=O)n2c(C)c(S(=O)(=O)c3ccccc3)c3cc(-c4ccccc4S(N)(=O)=O)ccc32)cccc1N(C)C. The van der Waals surface area contributed by atoms with Crippen molar-refractivity contribution < 1.29 is 21.6 Å². The van der Waals surface area contributed by atoms with Crippen LogP contribution in [0.15, 0.2) is 106 Å². The zero-order chi connectivity index (χ0) is 29.7. The summed E-state index contributed by atoms with van der Waals surface area (Å²) in [4.78, 5) is 16.0. The van der Waals surface area contributed by atoms with Gasteiger partial charge in [-0.05, 0) is 67.4 Å². The van der Waals surface area contributed by atoms with Crippen molar-refractivity contribution in [3.8, 4) is 11.1 Å². The highest BCUT2D eigenvalue weighted by Crippen LogP contribution is 2.38. The Morgan fingerprint density at radius 3 is 2.12 bits per heavy atom. The van der Waals surface area contributed by atoms with Gasteiger partial charge in [0.15, 0.2) is 0 Å². The summed E-state index contributed by atoms with van der Waals surface area (Å²) in [7, 11) is -4.38. The van der Waals surface area contributed by atoms with E-state index in [0.29, 0.717) is 27.6 Å². The second kappa shape index (κ2) is 10.3. The van der Waals surface area contributed by atoms with Gasteiger partial charge in [-0.25, -0.2) is 22.0 Å². The van der Waals surface area contributed by atoms with Crippen molar-refractivity contribution in [2.75, 3.05) is 19.0 Å². The lowest BCUT2D eigenvalue weighted by Gasteiger charge is -2.18. The van der Waals surface area contributed by atoms with E-state index in [-0.39, 0.29) is 26.3 Å². The van der Waals surface area contributed by atoms with Crippen molar-refractivity contribution in [2.45, 2.75) is 28.5 Å². The van der Waals surface area contributed by atoms with Crippen molar-refractivity contribution >= 4 is 42.4 Å². The van der Waals surface area contributed by atoms with Crippen molar-refractivity contribution in [2.24, 2.45) is 5.14 Å². The van der Waals surface area contributed by atoms with E-state index in [1.54, 1.807) is 73.7 Å². The highest BCUT2D eigenvalue weighted by molar-refractivity contribution is 7.91. The van der Waals surface area contributed by atoms with Crippen LogP contribution in [0.25, 0.3) is 22.0 Å². The molecule has 5 aromatic rings. The van der Waals surface area contributed by atoms with Crippen LogP contribution >= 0.6 is 0 Å². The van der Waals surface area contributed by atoms with Crippen LogP contribution in [0.2, 0.25) is 0 Å². The van der Waals surface area contributed by atoms with Gasteiger partial charge in [0.05, 0.1) is 15.3 Å². The van der Waals surface area contributed by atoms with Gasteiger partial charge in [0, 0.05) is 42.0 Å². The molecule has 41 heavy (non-hydrogen) atoms. The summed E-state index contributed by atoms with van der Waals surface area (Å²) in [6.45, 7) is 3.46. The summed E-state index contributed by atoms with van der Waals surface area (Å²) in [6.07, 6.45) is 0. The van der Waals surface area contributed by atoms with Gasteiger partial charge in [-0.2, -0.15) is 0 Å². The molecule has 1 aromatic heterocycles. The van der Waals surface area contributed by atoms with Crippen molar-refractivity contribution in [3.05, 3.63) is 108 Å². The molecule has 4 aromatic carbocycles. The number of sulfone groups is 1. The largest absolute Gasteiger partial charge is 0.377 e. The minimum atomic E-state index is -4.08. The lowest BCUT2D eigenvalue weighted by Crippen LogP contribution is -2.18. The Bertz CT molecular complexity index is 2050. The number of anilines is 1. The monoisotopic (exact) mass is 587 g/mol. The fourth-order valence-electron chi connectivity index (χ4n) is 5.29.